The number of para-hydroxylation sites is 1. The van der Waals surface area contributed by atoms with Gasteiger partial charge in [-0.1, -0.05) is 18.2 Å². The highest BCUT2D eigenvalue weighted by molar-refractivity contribution is 5.77. The summed E-state index contributed by atoms with van der Waals surface area (Å²) in [5.41, 5.74) is 0.999. The van der Waals surface area contributed by atoms with Gasteiger partial charge in [-0.25, -0.2) is 0 Å². The lowest BCUT2D eigenvalue weighted by molar-refractivity contribution is -0.133. The van der Waals surface area contributed by atoms with Crippen molar-refractivity contribution < 1.29 is 14.6 Å². The average molecular weight is 237 g/mol. The van der Waals surface area contributed by atoms with Crippen molar-refractivity contribution in [1.82, 2.24) is 4.90 Å². The summed E-state index contributed by atoms with van der Waals surface area (Å²) in [5.74, 6) is 0.570. The molecule has 0 fully saturated rings. The molecule has 1 amide bonds. The molecular formula is C13H19NO3. The van der Waals surface area contributed by atoms with Crippen LogP contribution in [0, 0.1) is 6.92 Å². The van der Waals surface area contributed by atoms with E-state index in [2.05, 4.69) is 0 Å². The van der Waals surface area contributed by atoms with Crippen LogP contribution in [0.3, 0.4) is 0 Å². The molecule has 0 aliphatic heterocycles. The van der Waals surface area contributed by atoms with E-state index in [1.54, 1.807) is 14.0 Å². The second kappa shape index (κ2) is 6.25. The summed E-state index contributed by atoms with van der Waals surface area (Å²) in [7, 11) is 1.65. The molecule has 0 heterocycles. The zero-order valence-electron chi connectivity index (χ0n) is 10.5. The van der Waals surface area contributed by atoms with Crippen molar-refractivity contribution in [2.45, 2.75) is 20.0 Å². The standard InChI is InChI=1S/C13H19NO3/c1-10-6-4-5-7-12(10)17-9-13(16)14(3)8-11(2)15/h4-7,11,15H,8-9H2,1-3H3. The first-order valence-electron chi connectivity index (χ1n) is 5.61. The zero-order chi connectivity index (χ0) is 12.8. The first-order chi connectivity index (χ1) is 8.00. The highest BCUT2D eigenvalue weighted by Crippen LogP contribution is 2.15. The highest BCUT2D eigenvalue weighted by atomic mass is 16.5. The summed E-state index contributed by atoms with van der Waals surface area (Å²) >= 11 is 0. The molecule has 1 aromatic carbocycles. The van der Waals surface area contributed by atoms with Gasteiger partial charge in [0.15, 0.2) is 6.61 Å². The number of ether oxygens (including phenoxy) is 1. The SMILES string of the molecule is Cc1ccccc1OCC(=O)N(C)CC(C)O. The number of aliphatic hydroxyl groups excluding tert-OH is 1. The molecule has 0 saturated heterocycles. The van der Waals surface area contributed by atoms with Crippen LogP contribution in [0.5, 0.6) is 5.75 Å². The fraction of sp³-hybridized carbons (Fsp3) is 0.462. The summed E-state index contributed by atoms with van der Waals surface area (Å²) < 4.78 is 5.43. The molecule has 17 heavy (non-hydrogen) atoms. The number of likely N-dealkylation sites (N-methyl/N-ethyl adjacent to an activating group) is 1. The predicted octanol–water partition coefficient (Wildman–Crippen LogP) is 1.21. The van der Waals surface area contributed by atoms with E-state index in [1.165, 1.54) is 4.90 Å². The number of rotatable bonds is 5. The van der Waals surface area contributed by atoms with Crippen LogP contribution >= 0.6 is 0 Å². The lowest BCUT2D eigenvalue weighted by Crippen LogP contribution is -2.36. The van der Waals surface area contributed by atoms with Gasteiger partial charge in [-0.15, -0.1) is 0 Å². The summed E-state index contributed by atoms with van der Waals surface area (Å²) in [6.07, 6.45) is -0.526. The molecule has 0 spiro atoms. The van der Waals surface area contributed by atoms with Crippen LogP contribution in [-0.4, -0.2) is 42.2 Å². The third-order valence-corrected chi connectivity index (χ3v) is 2.41. The van der Waals surface area contributed by atoms with Crippen LogP contribution in [0.25, 0.3) is 0 Å². The third kappa shape index (κ3) is 4.44. The van der Waals surface area contributed by atoms with Crippen molar-refractivity contribution in [3.8, 4) is 5.75 Å². The van der Waals surface area contributed by atoms with E-state index in [9.17, 15) is 4.79 Å². The number of carbonyl (C=O) groups excluding carboxylic acids is 1. The minimum absolute atomic E-state index is 0.00588. The van der Waals surface area contributed by atoms with Crippen molar-refractivity contribution in [3.05, 3.63) is 29.8 Å². The molecule has 0 bridgehead atoms. The number of hydrogen-bond donors (Lipinski definition) is 1. The molecule has 1 rings (SSSR count). The highest BCUT2D eigenvalue weighted by Gasteiger charge is 2.11. The molecule has 1 atom stereocenters. The van der Waals surface area contributed by atoms with Gasteiger partial charge in [-0.3, -0.25) is 4.79 Å². The largest absolute Gasteiger partial charge is 0.484 e. The Labute approximate surface area is 102 Å². The topological polar surface area (TPSA) is 49.8 Å². The zero-order valence-corrected chi connectivity index (χ0v) is 10.5. The minimum atomic E-state index is -0.526. The minimum Gasteiger partial charge on any atom is -0.484 e. The number of amides is 1. The number of aliphatic hydroxyl groups is 1. The van der Waals surface area contributed by atoms with Gasteiger partial charge in [0.05, 0.1) is 6.10 Å². The molecule has 1 unspecified atom stereocenters. The van der Waals surface area contributed by atoms with Crippen molar-refractivity contribution in [2.24, 2.45) is 0 Å². The molecule has 0 aliphatic carbocycles. The Morgan fingerprint density at radius 2 is 2.12 bits per heavy atom. The van der Waals surface area contributed by atoms with Crippen molar-refractivity contribution in [2.75, 3.05) is 20.2 Å². The predicted molar refractivity (Wildman–Crippen MR) is 66.0 cm³/mol. The van der Waals surface area contributed by atoms with Gasteiger partial charge in [-0.2, -0.15) is 0 Å². The lowest BCUT2D eigenvalue weighted by atomic mass is 10.2. The van der Waals surface area contributed by atoms with Crippen molar-refractivity contribution in [1.29, 1.82) is 0 Å². The Kier molecular flexibility index (Phi) is 4.97. The van der Waals surface area contributed by atoms with Crippen LogP contribution in [0.1, 0.15) is 12.5 Å². The summed E-state index contributed by atoms with van der Waals surface area (Å²) in [6.45, 7) is 3.88. The van der Waals surface area contributed by atoms with Crippen LogP contribution < -0.4 is 4.74 Å². The quantitative estimate of drug-likeness (QED) is 0.837. The molecule has 1 N–H and O–H groups in total. The van der Waals surface area contributed by atoms with Gasteiger partial charge in [0.25, 0.3) is 5.91 Å². The summed E-state index contributed by atoms with van der Waals surface area (Å²) in [5, 5.41) is 9.17. The van der Waals surface area contributed by atoms with E-state index in [-0.39, 0.29) is 12.5 Å². The maximum atomic E-state index is 11.7. The monoisotopic (exact) mass is 237 g/mol. The van der Waals surface area contributed by atoms with Crippen LogP contribution in [0.2, 0.25) is 0 Å². The second-order valence-corrected chi connectivity index (χ2v) is 4.18. The summed E-state index contributed by atoms with van der Waals surface area (Å²) in [4.78, 5) is 13.1. The van der Waals surface area contributed by atoms with Gasteiger partial charge < -0.3 is 14.7 Å². The number of carbonyl (C=O) groups is 1. The van der Waals surface area contributed by atoms with Gasteiger partial charge in [0.1, 0.15) is 5.75 Å². The first kappa shape index (κ1) is 13.5. The average Bonchev–Trinajstić information content (AvgIpc) is 2.26. The Bertz CT molecular complexity index is 377. The Morgan fingerprint density at radius 3 is 2.71 bits per heavy atom. The molecule has 94 valence electrons. The van der Waals surface area contributed by atoms with Crippen LogP contribution in [0.4, 0.5) is 0 Å². The fourth-order valence-electron chi connectivity index (χ4n) is 1.47. The van der Waals surface area contributed by atoms with E-state index in [4.69, 9.17) is 9.84 Å². The van der Waals surface area contributed by atoms with Gasteiger partial charge >= 0.3 is 0 Å². The molecule has 0 aliphatic rings. The molecular weight excluding hydrogens is 218 g/mol. The van der Waals surface area contributed by atoms with Crippen molar-refractivity contribution >= 4 is 5.91 Å². The molecule has 1 aromatic rings. The van der Waals surface area contributed by atoms with E-state index < -0.39 is 6.10 Å². The Balaban J connectivity index is 2.46. The number of hydrogen-bond acceptors (Lipinski definition) is 3. The van der Waals surface area contributed by atoms with E-state index in [0.717, 1.165) is 5.56 Å². The lowest BCUT2D eigenvalue weighted by Gasteiger charge is -2.19. The Hall–Kier alpha value is -1.55. The molecule has 4 heteroatoms. The third-order valence-electron chi connectivity index (χ3n) is 2.41. The summed E-state index contributed by atoms with van der Waals surface area (Å²) in [6, 6.07) is 7.55. The fourth-order valence-corrected chi connectivity index (χ4v) is 1.47. The van der Waals surface area contributed by atoms with Crippen LogP contribution in [0.15, 0.2) is 24.3 Å². The van der Waals surface area contributed by atoms with E-state index in [1.807, 2.05) is 31.2 Å². The van der Waals surface area contributed by atoms with Crippen LogP contribution in [-0.2, 0) is 4.79 Å². The Morgan fingerprint density at radius 1 is 1.47 bits per heavy atom. The number of benzene rings is 1. The number of nitrogens with zero attached hydrogens (tertiary/aromatic N) is 1. The molecule has 0 saturated carbocycles. The molecule has 0 radical (unpaired) electrons. The maximum absolute atomic E-state index is 11.7. The van der Waals surface area contributed by atoms with Crippen molar-refractivity contribution in [3.63, 3.8) is 0 Å². The van der Waals surface area contributed by atoms with Gasteiger partial charge in [-0.05, 0) is 25.5 Å². The van der Waals surface area contributed by atoms with E-state index in [0.29, 0.717) is 12.3 Å². The normalized spacial score (nSPS) is 12.0. The number of aryl methyl sites for hydroxylation is 1. The first-order valence-corrected chi connectivity index (χ1v) is 5.61. The molecule has 4 nitrogen and oxygen atoms in total. The van der Waals surface area contributed by atoms with Gasteiger partial charge in [0.2, 0.25) is 0 Å². The maximum Gasteiger partial charge on any atom is 0.260 e. The second-order valence-electron chi connectivity index (χ2n) is 4.18. The van der Waals surface area contributed by atoms with Gasteiger partial charge in [0, 0.05) is 13.6 Å². The molecule has 0 aromatic heterocycles. The smallest absolute Gasteiger partial charge is 0.260 e. The van der Waals surface area contributed by atoms with E-state index >= 15 is 0 Å².